The Morgan fingerprint density at radius 3 is 3.05 bits per heavy atom. The maximum absolute atomic E-state index is 12.0. The fourth-order valence-corrected chi connectivity index (χ4v) is 3.05. The summed E-state index contributed by atoms with van der Waals surface area (Å²) in [6, 6.07) is 2.29. The maximum Gasteiger partial charge on any atom is 0.241 e. The van der Waals surface area contributed by atoms with Crippen LogP contribution in [0, 0.1) is 0 Å². The summed E-state index contributed by atoms with van der Waals surface area (Å²) in [6.45, 7) is 3.88. The molecule has 6 heteroatoms. The minimum absolute atomic E-state index is 0.0401. The fraction of sp³-hybridized carbons (Fsp3) is 0.733. The van der Waals surface area contributed by atoms with Crippen LogP contribution in [0.5, 0.6) is 0 Å². The van der Waals surface area contributed by atoms with E-state index in [9.17, 15) is 4.79 Å². The first-order valence-electron chi connectivity index (χ1n) is 7.92. The van der Waals surface area contributed by atoms with E-state index in [1.54, 1.807) is 4.68 Å². The number of carbonyl (C=O) groups is 1. The molecule has 2 fully saturated rings. The lowest BCUT2D eigenvalue weighted by molar-refractivity contribution is -0.123. The van der Waals surface area contributed by atoms with Crippen molar-refractivity contribution >= 4 is 5.91 Å². The van der Waals surface area contributed by atoms with Crippen LogP contribution in [0.2, 0.25) is 0 Å². The fourth-order valence-electron chi connectivity index (χ4n) is 3.05. The van der Waals surface area contributed by atoms with Crippen molar-refractivity contribution in [3.63, 3.8) is 0 Å². The predicted octanol–water partition coefficient (Wildman–Crippen LogP) is 0.645. The molecule has 1 aromatic rings. The molecule has 1 aromatic heterocycles. The minimum atomic E-state index is 0.0401. The number of nitrogens with one attached hydrogen (secondary N) is 2. The zero-order valence-electron chi connectivity index (χ0n) is 12.4. The molecule has 0 saturated carbocycles. The number of carbonyl (C=O) groups excluding carboxylic acids is 1. The van der Waals surface area contributed by atoms with E-state index in [1.165, 1.54) is 12.8 Å². The molecule has 1 amide bonds. The van der Waals surface area contributed by atoms with Gasteiger partial charge in [0.15, 0.2) is 0 Å². The molecule has 0 unspecified atom stereocenters. The number of hydrogen-bond donors (Lipinski definition) is 2. The van der Waals surface area contributed by atoms with Crippen LogP contribution in [-0.2, 0) is 16.1 Å². The highest BCUT2D eigenvalue weighted by molar-refractivity contribution is 5.75. The van der Waals surface area contributed by atoms with Crippen LogP contribution in [0.4, 0.5) is 0 Å². The summed E-state index contributed by atoms with van der Waals surface area (Å²) in [5.41, 5.74) is 1.10. The number of piperidine rings is 1. The average molecular weight is 292 g/mol. The standard InChI is InChI=1S/C15H24N4O2/c20-15(17-13-4-8-21-9-5-13)11-19-7-3-14(18-19)12-2-1-6-16-10-12/h3,7,12-13,16H,1-2,4-6,8-11H2,(H,17,20)/t12-/m1/s1. The molecule has 21 heavy (non-hydrogen) atoms. The van der Waals surface area contributed by atoms with Crippen molar-refractivity contribution in [1.82, 2.24) is 20.4 Å². The molecule has 6 nitrogen and oxygen atoms in total. The lowest BCUT2D eigenvalue weighted by atomic mass is 9.97. The molecule has 2 N–H and O–H groups in total. The summed E-state index contributed by atoms with van der Waals surface area (Å²) in [5.74, 6) is 0.525. The van der Waals surface area contributed by atoms with Crippen molar-refractivity contribution in [3.05, 3.63) is 18.0 Å². The van der Waals surface area contributed by atoms with Gasteiger partial charge in [-0.3, -0.25) is 9.48 Å². The maximum atomic E-state index is 12.0. The molecule has 0 aliphatic carbocycles. The average Bonchev–Trinajstić information content (AvgIpc) is 2.97. The summed E-state index contributed by atoms with van der Waals surface area (Å²) in [7, 11) is 0. The smallest absolute Gasteiger partial charge is 0.241 e. The Bertz CT molecular complexity index is 462. The Balaban J connectivity index is 1.50. The van der Waals surface area contributed by atoms with Gasteiger partial charge in [0.2, 0.25) is 5.91 Å². The first-order valence-corrected chi connectivity index (χ1v) is 7.92. The summed E-state index contributed by atoms with van der Waals surface area (Å²) in [4.78, 5) is 12.0. The highest BCUT2D eigenvalue weighted by atomic mass is 16.5. The Labute approximate surface area is 125 Å². The predicted molar refractivity (Wildman–Crippen MR) is 79.1 cm³/mol. The zero-order chi connectivity index (χ0) is 14.5. The Hall–Kier alpha value is -1.40. The van der Waals surface area contributed by atoms with Crippen LogP contribution in [0.3, 0.4) is 0 Å². The normalized spacial score (nSPS) is 23.9. The van der Waals surface area contributed by atoms with Crippen molar-refractivity contribution < 1.29 is 9.53 Å². The zero-order valence-corrected chi connectivity index (χ0v) is 12.4. The number of rotatable bonds is 4. The molecular weight excluding hydrogens is 268 g/mol. The van der Waals surface area contributed by atoms with Crippen molar-refractivity contribution in [3.8, 4) is 0 Å². The highest BCUT2D eigenvalue weighted by Crippen LogP contribution is 2.21. The van der Waals surface area contributed by atoms with Gasteiger partial charge >= 0.3 is 0 Å². The third kappa shape index (κ3) is 4.04. The third-order valence-electron chi connectivity index (χ3n) is 4.27. The molecule has 116 valence electrons. The van der Waals surface area contributed by atoms with E-state index in [1.807, 2.05) is 12.3 Å². The Kier molecular flexibility index (Phi) is 4.87. The molecule has 3 rings (SSSR count). The van der Waals surface area contributed by atoms with Gasteiger partial charge in [0, 0.05) is 37.9 Å². The largest absolute Gasteiger partial charge is 0.381 e. The van der Waals surface area contributed by atoms with Gasteiger partial charge in [-0.15, -0.1) is 0 Å². The van der Waals surface area contributed by atoms with Gasteiger partial charge < -0.3 is 15.4 Å². The van der Waals surface area contributed by atoms with Gasteiger partial charge in [-0.05, 0) is 38.3 Å². The lowest BCUT2D eigenvalue weighted by Crippen LogP contribution is -2.40. The molecule has 1 atom stereocenters. The van der Waals surface area contributed by atoms with Gasteiger partial charge in [0.05, 0.1) is 5.69 Å². The minimum Gasteiger partial charge on any atom is -0.381 e. The summed E-state index contributed by atoms with van der Waals surface area (Å²) < 4.78 is 7.04. The monoisotopic (exact) mass is 292 g/mol. The molecule has 2 aliphatic heterocycles. The SMILES string of the molecule is O=C(Cn1ccc([C@@H]2CCCNC2)n1)NC1CCOCC1. The number of aromatic nitrogens is 2. The van der Waals surface area contributed by atoms with E-state index >= 15 is 0 Å². The molecular formula is C15H24N4O2. The molecule has 2 aliphatic rings. The first-order chi connectivity index (χ1) is 10.3. The van der Waals surface area contributed by atoms with Crippen LogP contribution in [-0.4, -0.2) is 48.0 Å². The number of amides is 1. The van der Waals surface area contributed by atoms with Gasteiger partial charge in [0.25, 0.3) is 0 Å². The molecule has 0 bridgehead atoms. The van der Waals surface area contributed by atoms with Crippen LogP contribution in [0.15, 0.2) is 12.3 Å². The first kappa shape index (κ1) is 14.5. The lowest BCUT2D eigenvalue weighted by Gasteiger charge is -2.23. The second-order valence-corrected chi connectivity index (χ2v) is 5.94. The van der Waals surface area contributed by atoms with E-state index in [0.717, 1.165) is 44.8 Å². The van der Waals surface area contributed by atoms with Crippen molar-refractivity contribution in [2.45, 2.75) is 44.2 Å². The van der Waals surface area contributed by atoms with Crippen molar-refractivity contribution in [2.24, 2.45) is 0 Å². The summed E-state index contributed by atoms with van der Waals surface area (Å²) >= 11 is 0. The number of nitrogens with zero attached hydrogens (tertiary/aromatic N) is 2. The van der Waals surface area contributed by atoms with Crippen LogP contribution < -0.4 is 10.6 Å². The van der Waals surface area contributed by atoms with E-state index in [-0.39, 0.29) is 11.9 Å². The molecule has 0 radical (unpaired) electrons. The van der Waals surface area contributed by atoms with Gasteiger partial charge in [-0.1, -0.05) is 0 Å². The summed E-state index contributed by atoms with van der Waals surface area (Å²) in [6.07, 6.45) is 6.10. The van der Waals surface area contributed by atoms with Gasteiger partial charge in [-0.2, -0.15) is 5.10 Å². The number of hydrogen-bond acceptors (Lipinski definition) is 4. The van der Waals surface area contributed by atoms with Crippen molar-refractivity contribution in [1.29, 1.82) is 0 Å². The molecule has 0 spiro atoms. The van der Waals surface area contributed by atoms with E-state index < -0.39 is 0 Å². The molecule has 0 aromatic carbocycles. The topological polar surface area (TPSA) is 68.2 Å². The van der Waals surface area contributed by atoms with Gasteiger partial charge in [0.1, 0.15) is 6.54 Å². The Morgan fingerprint density at radius 2 is 2.29 bits per heavy atom. The second kappa shape index (κ2) is 7.04. The van der Waals surface area contributed by atoms with Crippen LogP contribution in [0.25, 0.3) is 0 Å². The summed E-state index contributed by atoms with van der Waals surface area (Å²) in [5, 5.41) is 11.0. The highest BCUT2D eigenvalue weighted by Gasteiger charge is 2.19. The van der Waals surface area contributed by atoms with Gasteiger partial charge in [-0.25, -0.2) is 0 Å². The van der Waals surface area contributed by atoms with E-state index in [2.05, 4.69) is 15.7 Å². The molecule has 3 heterocycles. The van der Waals surface area contributed by atoms with Crippen molar-refractivity contribution in [2.75, 3.05) is 26.3 Å². The van der Waals surface area contributed by atoms with Crippen LogP contribution in [0.1, 0.15) is 37.3 Å². The second-order valence-electron chi connectivity index (χ2n) is 5.94. The Morgan fingerprint density at radius 1 is 1.43 bits per heavy atom. The van der Waals surface area contributed by atoms with E-state index in [0.29, 0.717) is 12.5 Å². The number of ether oxygens (including phenoxy) is 1. The third-order valence-corrected chi connectivity index (χ3v) is 4.27. The van der Waals surface area contributed by atoms with E-state index in [4.69, 9.17) is 4.74 Å². The molecule has 2 saturated heterocycles. The quantitative estimate of drug-likeness (QED) is 0.855. The van der Waals surface area contributed by atoms with Crippen LogP contribution >= 0.6 is 0 Å².